The van der Waals surface area contributed by atoms with Crippen LogP contribution in [0.25, 0.3) is 0 Å². The molecule has 1 unspecified atom stereocenters. The van der Waals surface area contributed by atoms with Crippen molar-refractivity contribution >= 4 is 11.8 Å². The monoisotopic (exact) mass is 311 g/mol. The van der Waals surface area contributed by atoms with Gasteiger partial charge >= 0.3 is 0 Å². The third-order valence-corrected chi connectivity index (χ3v) is 5.21. The number of hydrogen-bond acceptors (Lipinski definition) is 5. The van der Waals surface area contributed by atoms with Crippen LogP contribution in [0.2, 0.25) is 0 Å². The van der Waals surface area contributed by atoms with Crippen molar-refractivity contribution in [2.45, 2.75) is 54.6 Å². The number of benzene rings is 1. The van der Waals surface area contributed by atoms with Gasteiger partial charge in [0.1, 0.15) is 0 Å². The predicted octanol–water partition coefficient (Wildman–Crippen LogP) is 2.38. The summed E-state index contributed by atoms with van der Waals surface area (Å²) in [6, 6.07) is 7.32. The smallest absolute Gasteiger partial charge is 0.220 e. The summed E-state index contributed by atoms with van der Waals surface area (Å²) in [5.41, 5.74) is 6.23. The predicted molar refractivity (Wildman–Crippen MR) is 84.7 cm³/mol. The fourth-order valence-electron chi connectivity index (χ4n) is 2.85. The molecule has 1 aromatic rings. The molecule has 0 spiro atoms. The van der Waals surface area contributed by atoms with Gasteiger partial charge in [-0.25, -0.2) is 0 Å². The highest BCUT2D eigenvalue weighted by Crippen LogP contribution is 2.41. The number of rotatable bonds is 6. The molecule has 2 rings (SSSR count). The molecule has 1 fully saturated rings. The van der Waals surface area contributed by atoms with Crippen molar-refractivity contribution in [3.05, 3.63) is 29.8 Å². The van der Waals surface area contributed by atoms with Gasteiger partial charge in [0.05, 0.1) is 6.10 Å². The molecule has 1 atom stereocenters. The van der Waals surface area contributed by atoms with Crippen LogP contribution in [0.4, 0.5) is 0 Å². The van der Waals surface area contributed by atoms with E-state index in [4.69, 9.17) is 5.73 Å². The van der Waals surface area contributed by atoms with Crippen LogP contribution < -0.4 is 5.73 Å². The van der Waals surface area contributed by atoms with E-state index in [-0.39, 0.29) is 5.92 Å². The zero-order valence-electron chi connectivity index (χ0n) is 12.2. The first-order chi connectivity index (χ1) is 10.0. The van der Waals surface area contributed by atoms with Crippen LogP contribution in [-0.4, -0.2) is 27.0 Å². The average Bonchev–Trinajstić information content (AvgIpc) is 2.48. The van der Waals surface area contributed by atoms with E-state index in [9.17, 15) is 15.3 Å². The first-order valence-corrected chi connectivity index (χ1v) is 8.46. The number of aliphatic hydroxyl groups excluding tert-OH is 1. The SMILES string of the molecule is NCCC(O)c1cccc(SC(O)(O)C2CCCCC2)c1. The lowest BCUT2D eigenvalue weighted by atomic mass is 9.88. The van der Waals surface area contributed by atoms with Gasteiger partial charge in [0.25, 0.3) is 0 Å². The molecule has 118 valence electrons. The lowest BCUT2D eigenvalue weighted by Gasteiger charge is -2.33. The third kappa shape index (κ3) is 4.69. The number of thioether (sulfide) groups is 1. The molecule has 1 aromatic carbocycles. The Morgan fingerprint density at radius 3 is 2.62 bits per heavy atom. The van der Waals surface area contributed by atoms with Crippen molar-refractivity contribution in [1.82, 2.24) is 0 Å². The maximum Gasteiger partial charge on any atom is 0.220 e. The molecule has 4 nitrogen and oxygen atoms in total. The van der Waals surface area contributed by atoms with Gasteiger partial charge in [0, 0.05) is 10.8 Å². The maximum absolute atomic E-state index is 10.4. The Bertz CT molecular complexity index is 447. The number of nitrogens with two attached hydrogens (primary N) is 1. The van der Waals surface area contributed by atoms with E-state index >= 15 is 0 Å². The van der Waals surface area contributed by atoms with Gasteiger partial charge in [-0.15, -0.1) is 0 Å². The lowest BCUT2D eigenvalue weighted by Crippen LogP contribution is -2.35. The molecule has 0 aliphatic heterocycles. The Morgan fingerprint density at radius 1 is 1.24 bits per heavy atom. The number of aliphatic hydroxyl groups is 3. The minimum Gasteiger partial charge on any atom is -0.388 e. The summed E-state index contributed by atoms with van der Waals surface area (Å²) in [6.45, 7) is 0.421. The standard InChI is InChI=1S/C16H25NO3S/c17-10-9-15(18)12-5-4-8-14(11-12)21-16(19,20)13-6-2-1-3-7-13/h4-5,8,11,13,15,18-20H,1-3,6-7,9-10,17H2. The molecule has 0 aromatic heterocycles. The highest BCUT2D eigenvalue weighted by atomic mass is 32.2. The van der Waals surface area contributed by atoms with E-state index in [2.05, 4.69) is 0 Å². The molecule has 1 aliphatic carbocycles. The number of hydrogen-bond donors (Lipinski definition) is 4. The van der Waals surface area contributed by atoms with Gasteiger partial charge in [0.15, 0.2) is 0 Å². The van der Waals surface area contributed by atoms with Crippen LogP contribution >= 0.6 is 11.8 Å². The highest BCUT2D eigenvalue weighted by Gasteiger charge is 2.36. The molecule has 0 bridgehead atoms. The maximum atomic E-state index is 10.4. The van der Waals surface area contributed by atoms with Crippen molar-refractivity contribution < 1.29 is 15.3 Å². The van der Waals surface area contributed by atoms with E-state index < -0.39 is 11.2 Å². The summed E-state index contributed by atoms with van der Waals surface area (Å²) in [6.07, 6.45) is 4.91. The van der Waals surface area contributed by atoms with Crippen LogP contribution in [0.5, 0.6) is 0 Å². The quantitative estimate of drug-likeness (QED) is 0.479. The second-order valence-electron chi connectivity index (χ2n) is 5.76. The fraction of sp³-hybridized carbons (Fsp3) is 0.625. The minimum atomic E-state index is -1.74. The first-order valence-electron chi connectivity index (χ1n) is 7.65. The molecular weight excluding hydrogens is 286 g/mol. The zero-order valence-corrected chi connectivity index (χ0v) is 13.1. The summed E-state index contributed by atoms with van der Waals surface area (Å²) in [5.74, 6) is -0.0890. The van der Waals surface area contributed by atoms with Crippen LogP contribution in [-0.2, 0) is 0 Å². The largest absolute Gasteiger partial charge is 0.388 e. The molecule has 0 heterocycles. The summed E-state index contributed by atoms with van der Waals surface area (Å²) in [5, 5.41) is 29.0. The Balaban J connectivity index is 2.05. The second kappa shape index (κ2) is 7.61. The molecular formula is C16H25NO3S. The van der Waals surface area contributed by atoms with E-state index in [1.807, 2.05) is 24.3 Å². The molecule has 1 aliphatic rings. The van der Waals surface area contributed by atoms with Crippen LogP contribution in [0.15, 0.2) is 29.2 Å². The topological polar surface area (TPSA) is 86.7 Å². The Kier molecular flexibility index (Phi) is 6.08. The molecule has 0 saturated heterocycles. The van der Waals surface area contributed by atoms with Gasteiger partial charge < -0.3 is 21.1 Å². The summed E-state index contributed by atoms with van der Waals surface area (Å²) < 4.78 is 0. The van der Waals surface area contributed by atoms with E-state index in [0.717, 1.165) is 47.9 Å². The van der Waals surface area contributed by atoms with Gasteiger partial charge in [-0.3, -0.25) is 0 Å². The second-order valence-corrected chi connectivity index (χ2v) is 7.04. The minimum absolute atomic E-state index is 0.0890. The molecule has 1 saturated carbocycles. The van der Waals surface area contributed by atoms with Gasteiger partial charge in [-0.2, -0.15) is 0 Å². The molecule has 5 N–H and O–H groups in total. The van der Waals surface area contributed by atoms with Crippen LogP contribution in [0, 0.1) is 5.92 Å². The normalized spacial score (nSPS) is 18.7. The van der Waals surface area contributed by atoms with Gasteiger partial charge in [-0.05, 0) is 43.5 Å². The zero-order chi connectivity index (χ0) is 15.3. The highest BCUT2D eigenvalue weighted by molar-refractivity contribution is 8.00. The van der Waals surface area contributed by atoms with Crippen molar-refractivity contribution in [2.75, 3.05) is 6.54 Å². The molecule has 5 heteroatoms. The molecule has 0 amide bonds. The van der Waals surface area contributed by atoms with Crippen molar-refractivity contribution in [3.63, 3.8) is 0 Å². The van der Waals surface area contributed by atoms with Crippen LogP contribution in [0.1, 0.15) is 50.2 Å². The summed E-state index contributed by atoms with van der Waals surface area (Å²) in [4.78, 5) is 0.763. The average molecular weight is 311 g/mol. The Labute approximate surface area is 130 Å². The lowest BCUT2D eigenvalue weighted by molar-refractivity contribution is -0.127. The van der Waals surface area contributed by atoms with Crippen molar-refractivity contribution in [3.8, 4) is 0 Å². The van der Waals surface area contributed by atoms with E-state index in [1.54, 1.807) is 0 Å². The molecule has 0 radical (unpaired) electrons. The summed E-state index contributed by atoms with van der Waals surface area (Å²) in [7, 11) is 0. The van der Waals surface area contributed by atoms with Crippen LogP contribution in [0.3, 0.4) is 0 Å². The van der Waals surface area contributed by atoms with Crippen molar-refractivity contribution in [2.24, 2.45) is 11.7 Å². The van der Waals surface area contributed by atoms with Crippen molar-refractivity contribution in [1.29, 1.82) is 0 Å². The summed E-state index contributed by atoms with van der Waals surface area (Å²) >= 11 is 1.07. The Morgan fingerprint density at radius 2 is 1.95 bits per heavy atom. The van der Waals surface area contributed by atoms with Gasteiger partial charge in [0.2, 0.25) is 5.12 Å². The van der Waals surface area contributed by atoms with E-state index in [1.165, 1.54) is 6.42 Å². The van der Waals surface area contributed by atoms with Gasteiger partial charge in [-0.1, -0.05) is 43.2 Å². The fourth-order valence-corrected chi connectivity index (χ4v) is 3.94. The molecule has 21 heavy (non-hydrogen) atoms. The first kappa shape index (κ1) is 16.8. The Hall–Kier alpha value is -0.590. The van der Waals surface area contributed by atoms with E-state index in [0.29, 0.717) is 13.0 Å². The third-order valence-electron chi connectivity index (χ3n) is 4.09.